The first-order chi connectivity index (χ1) is 7.31. The quantitative estimate of drug-likeness (QED) is 0.920. The molecule has 0 fully saturated rings. The standard InChI is InChI=1S/C9H7ClN2OS2/c10-7-2-1-3-8(6(7)4-13)14-9-11-5-12-15-9/h1-3,5,13H,4H2. The molecular formula is C9H7ClN2OS2. The van der Waals surface area contributed by atoms with Gasteiger partial charge in [0.2, 0.25) is 0 Å². The van der Waals surface area contributed by atoms with Crippen molar-refractivity contribution in [2.24, 2.45) is 0 Å². The molecular weight excluding hydrogens is 252 g/mol. The first kappa shape index (κ1) is 10.9. The average molecular weight is 259 g/mol. The van der Waals surface area contributed by atoms with Gasteiger partial charge in [-0.05, 0) is 23.7 Å². The molecule has 1 heterocycles. The molecule has 15 heavy (non-hydrogen) atoms. The van der Waals surface area contributed by atoms with Crippen molar-refractivity contribution in [2.45, 2.75) is 15.8 Å². The van der Waals surface area contributed by atoms with Gasteiger partial charge < -0.3 is 5.11 Å². The van der Waals surface area contributed by atoms with Gasteiger partial charge in [0.15, 0.2) is 4.34 Å². The number of hydrogen-bond donors (Lipinski definition) is 1. The van der Waals surface area contributed by atoms with E-state index >= 15 is 0 Å². The highest BCUT2D eigenvalue weighted by molar-refractivity contribution is 8.01. The molecule has 0 aliphatic carbocycles. The zero-order valence-corrected chi connectivity index (χ0v) is 9.94. The van der Waals surface area contributed by atoms with Gasteiger partial charge in [0.05, 0.1) is 6.61 Å². The molecule has 0 amide bonds. The van der Waals surface area contributed by atoms with E-state index in [4.69, 9.17) is 11.6 Å². The van der Waals surface area contributed by atoms with Gasteiger partial charge in [0, 0.05) is 15.5 Å². The van der Waals surface area contributed by atoms with Crippen molar-refractivity contribution < 1.29 is 5.11 Å². The Morgan fingerprint density at radius 2 is 2.33 bits per heavy atom. The lowest BCUT2D eigenvalue weighted by Crippen LogP contribution is -1.88. The van der Waals surface area contributed by atoms with Crippen LogP contribution in [-0.4, -0.2) is 14.5 Å². The normalized spacial score (nSPS) is 10.5. The maximum absolute atomic E-state index is 9.20. The van der Waals surface area contributed by atoms with E-state index in [-0.39, 0.29) is 6.61 Å². The Morgan fingerprint density at radius 3 is 3.00 bits per heavy atom. The molecule has 2 rings (SSSR count). The third kappa shape index (κ3) is 2.49. The number of aliphatic hydroxyl groups is 1. The van der Waals surface area contributed by atoms with Crippen molar-refractivity contribution in [2.75, 3.05) is 0 Å². The van der Waals surface area contributed by atoms with Crippen LogP contribution >= 0.6 is 34.9 Å². The molecule has 0 radical (unpaired) electrons. The van der Waals surface area contributed by atoms with Crippen LogP contribution in [0.25, 0.3) is 0 Å². The fourth-order valence-electron chi connectivity index (χ4n) is 1.09. The van der Waals surface area contributed by atoms with Crippen LogP contribution < -0.4 is 0 Å². The molecule has 0 atom stereocenters. The van der Waals surface area contributed by atoms with Gasteiger partial charge in [0.25, 0.3) is 0 Å². The van der Waals surface area contributed by atoms with Gasteiger partial charge in [-0.15, -0.1) is 0 Å². The van der Waals surface area contributed by atoms with Gasteiger partial charge >= 0.3 is 0 Å². The average Bonchev–Trinajstić information content (AvgIpc) is 2.71. The fraction of sp³-hybridized carbons (Fsp3) is 0.111. The monoisotopic (exact) mass is 258 g/mol. The summed E-state index contributed by atoms with van der Waals surface area (Å²) in [4.78, 5) is 4.98. The van der Waals surface area contributed by atoms with Crippen molar-refractivity contribution in [1.29, 1.82) is 0 Å². The summed E-state index contributed by atoms with van der Waals surface area (Å²) in [6, 6.07) is 5.52. The van der Waals surface area contributed by atoms with E-state index in [0.717, 1.165) is 14.8 Å². The van der Waals surface area contributed by atoms with Crippen LogP contribution in [0.5, 0.6) is 0 Å². The zero-order chi connectivity index (χ0) is 10.7. The molecule has 6 heteroatoms. The van der Waals surface area contributed by atoms with Gasteiger partial charge in [-0.1, -0.05) is 29.4 Å². The highest BCUT2D eigenvalue weighted by atomic mass is 35.5. The highest BCUT2D eigenvalue weighted by Gasteiger charge is 2.08. The third-order valence-electron chi connectivity index (χ3n) is 1.77. The number of rotatable bonds is 3. The summed E-state index contributed by atoms with van der Waals surface area (Å²) in [5.41, 5.74) is 0.736. The molecule has 78 valence electrons. The minimum Gasteiger partial charge on any atom is -0.392 e. The molecule has 0 saturated heterocycles. The highest BCUT2D eigenvalue weighted by Crippen LogP contribution is 2.33. The molecule has 0 aliphatic heterocycles. The SMILES string of the molecule is OCc1c(Cl)cccc1Sc1ncns1. The molecule has 0 saturated carbocycles. The van der Waals surface area contributed by atoms with Crippen LogP contribution in [0.3, 0.4) is 0 Å². The minimum absolute atomic E-state index is 0.0686. The predicted molar refractivity (Wildman–Crippen MR) is 61.4 cm³/mol. The number of aliphatic hydroxyl groups excluding tert-OH is 1. The summed E-state index contributed by atoms with van der Waals surface area (Å²) in [7, 11) is 0. The van der Waals surface area contributed by atoms with E-state index in [1.165, 1.54) is 29.6 Å². The zero-order valence-electron chi connectivity index (χ0n) is 7.55. The van der Waals surface area contributed by atoms with Crippen molar-refractivity contribution >= 4 is 34.9 Å². The van der Waals surface area contributed by atoms with Crippen LogP contribution in [0.1, 0.15) is 5.56 Å². The van der Waals surface area contributed by atoms with E-state index in [1.807, 2.05) is 12.1 Å². The topological polar surface area (TPSA) is 46.0 Å². The van der Waals surface area contributed by atoms with Crippen molar-refractivity contribution in [3.63, 3.8) is 0 Å². The van der Waals surface area contributed by atoms with Crippen LogP contribution in [-0.2, 0) is 6.61 Å². The van der Waals surface area contributed by atoms with Gasteiger partial charge in [-0.25, -0.2) is 4.98 Å². The molecule has 1 aromatic heterocycles. The second-order valence-corrected chi connectivity index (χ2v) is 5.16. The van der Waals surface area contributed by atoms with E-state index < -0.39 is 0 Å². The van der Waals surface area contributed by atoms with Crippen molar-refractivity contribution in [1.82, 2.24) is 9.36 Å². The second-order valence-electron chi connectivity index (χ2n) is 2.68. The van der Waals surface area contributed by atoms with E-state index in [0.29, 0.717) is 5.02 Å². The molecule has 1 aromatic carbocycles. The van der Waals surface area contributed by atoms with Crippen molar-refractivity contribution in [3.05, 3.63) is 35.1 Å². The first-order valence-electron chi connectivity index (χ1n) is 4.14. The van der Waals surface area contributed by atoms with Gasteiger partial charge in [-0.3, -0.25) is 0 Å². The second kappa shape index (κ2) is 4.94. The maximum Gasteiger partial charge on any atom is 0.174 e. The number of benzene rings is 1. The molecule has 2 aromatic rings. The lowest BCUT2D eigenvalue weighted by Gasteiger charge is -2.06. The summed E-state index contributed by atoms with van der Waals surface area (Å²) >= 11 is 8.74. The predicted octanol–water partition coefficient (Wildman–Crippen LogP) is 2.84. The van der Waals surface area contributed by atoms with Crippen molar-refractivity contribution in [3.8, 4) is 0 Å². The molecule has 1 N–H and O–H groups in total. The van der Waals surface area contributed by atoms with Crippen LogP contribution in [0.4, 0.5) is 0 Å². The summed E-state index contributed by atoms with van der Waals surface area (Å²) in [5, 5.41) is 9.77. The van der Waals surface area contributed by atoms with Crippen LogP contribution in [0, 0.1) is 0 Å². The Morgan fingerprint density at radius 1 is 1.47 bits per heavy atom. The molecule has 3 nitrogen and oxygen atoms in total. The van der Waals surface area contributed by atoms with Crippen LogP contribution in [0.15, 0.2) is 33.8 Å². The molecule has 0 aliphatic rings. The number of aromatic nitrogens is 2. The summed E-state index contributed by atoms with van der Waals surface area (Å²) in [5.74, 6) is 0. The molecule has 0 bridgehead atoms. The smallest absolute Gasteiger partial charge is 0.174 e. The largest absolute Gasteiger partial charge is 0.392 e. The Kier molecular flexibility index (Phi) is 3.58. The van der Waals surface area contributed by atoms with Crippen LogP contribution in [0.2, 0.25) is 5.02 Å². The Balaban J connectivity index is 2.32. The Hall–Kier alpha value is -0.620. The number of hydrogen-bond acceptors (Lipinski definition) is 5. The summed E-state index contributed by atoms with van der Waals surface area (Å²) < 4.78 is 4.75. The van der Waals surface area contributed by atoms with Gasteiger partial charge in [0.1, 0.15) is 6.33 Å². The minimum atomic E-state index is -0.0686. The molecule has 0 spiro atoms. The number of halogens is 1. The molecule has 0 unspecified atom stereocenters. The Labute approximate surface area is 100 Å². The summed E-state index contributed by atoms with van der Waals surface area (Å²) in [6.07, 6.45) is 1.51. The van der Waals surface area contributed by atoms with E-state index in [2.05, 4.69) is 9.36 Å². The van der Waals surface area contributed by atoms with E-state index in [9.17, 15) is 5.11 Å². The number of nitrogens with zero attached hydrogens (tertiary/aromatic N) is 2. The lowest BCUT2D eigenvalue weighted by molar-refractivity contribution is 0.279. The van der Waals surface area contributed by atoms with Gasteiger partial charge in [-0.2, -0.15) is 4.37 Å². The third-order valence-corrected chi connectivity index (χ3v) is 3.94. The fourth-order valence-corrected chi connectivity index (χ4v) is 2.94. The first-order valence-corrected chi connectivity index (χ1v) is 6.11. The summed E-state index contributed by atoms with van der Waals surface area (Å²) in [6.45, 7) is -0.0686. The lowest BCUT2D eigenvalue weighted by atomic mass is 10.2. The Bertz CT molecular complexity index is 447. The van der Waals surface area contributed by atoms with E-state index in [1.54, 1.807) is 6.07 Å². The maximum atomic E-state index is 9.20.